The van der Waals surface area contributed by atoms with Gasteiger partial charge in [0.1, 0.15) is 5.82 Å². The normalized spacial score (nSPS) is 15.2. The Morgan fingerprint density at radius 2 is 1.89 bits per heavy atom. The van der Waals surface area contributed by atoms with E-state index in [2.05, 4.69) is 4.72 Å². The van der Waals surface area contributed by atoms with Gasteiger partial charge in [-0.3, -0.25) is 0 Å². The van der Waals surface area contributed by atoms with E-state index in [0.717, 1.165) is 0 Å². The number of hydrogen-bond acceptors (Lipinski definition) is 3. The molecule has 19 heavy (non-hydrogen) atoms. The highest BCUT2D eigenvalue weighted by Gasteiger charge is 2.27. The average Bonchev–Trinajstić information content (AvgIpc) is 2.31. The van der Waals surface area contributed by atoms with Crippen LogP contribution in [0.25, 0.3) is 0 Å². The molecule has 0 aliphatic carbocycles. The van der Waals surface area contributed by atoms with Crippen molar-refractivity contribution >= 4 is 10.0 Å². The number of aliphatic hydroxyl groups excluding tert-OH is 1. The van der Waals surface area contributed by atoms with Crippen molar-refractivity contribution in [3.63, 3.8) is 0 Å². The quantitative estimate of drug-likeness (QED) is 0.804. The summed E-state index contributed by atoms with van der Waals surface area (Å²) in [5.41, 5.74) is -0.135. The van der Waals surface area contributed by atoms with Crippen molar-refractivity contribution in [2.24, 2.45) is 0 Å². The molecule has 0 aromatic heterocycles. The number of benzene rings is 1. The van der Waals surface area contributed by atoms with Gasteiger partial charge in [0.2, 0.25) is 10.0 Å². The summed E-state index contributed by atoms with van der Waals surface area (Å²) < 4.78 is 39.5. The fraction of sp³-hybridized carbons (Fsp3) is 0.538. The van der Waals surface area contributed by atoms with Crippen LogP contribution in [0, 0.1) is 5.82 Å². The van der Waals surface area contributed by atoms with E-state index < -0.39 is 21.4 Å². The van der Waals surface area contributed by atoms with Crippen molar-refractivity contribution in [3.05, 3.63) is 35.6 Å². The van der Waals surface area contributed by atoms with Crippen LogP contribution >= 0.6 is 0 Å². The highest BCUT2D eigenvalue weighted by atomic mass is 32.2. The SMILES string of the molecule is CCC(C)(CCO)NS(=O)(=O)Cc1ccc(F)cc1. The molecule has 4 nitrogen and oxygen atoms in total. The summed E-state index contributed by atoms with van der Waals surface area (Å²) in [7, 11) is -3.52. The first-order valence-corrected chi connectivity index (χ1v) is 7.82. The molecular weight excluding hydrogens is 269 g/mol. The number of hydrogen-bond donors (Lipinski definition) is 2. The first-order valence-electron chi connectivity index (χ1n) is 6.17. The van der Waals surface area contributed by atoms with Crippen LogP contribution in [-0.4, -0.2) is 25.7 Å². The maximum Gasteiger partial charge on any atom is 0.216 e. The topological polar surface area (TPSA) is 66.4 Å². The first-order chi connectivity index (χ1) is 8.80. The van der Waals surface area contributed by atoms with Gasteiger partial charge < -0.3 is 5.11 Å². The van der Waals surface area contributed by atoms with Gasteiger partial charge in [0.25, 0.3) is 0 Å². The minimum absolute atomic E-state index is 0.0800. The number of rotatable bonds is 7. The van der Waals surface area contributed by atoms with E-state index in [1.807, 2.05) is 6.92 Å². The predicted molar refractivity (Wildman–Crippen MR) is 72.6 cm³/mol. The van der Waals surface area contributed by atoms with Crippen LogP contribution in [0.4, 0.5) is 4.39 Å². The van der Waals surface area contributed by atoms with Crippen LogP contribution in [0.15, 0.2) is 24.3 Å². The zero-order valence-electron chi connectivity index (χ0n) is 11.2. The Morgan fingerprint density at radius 1 is 1.32 bits per heavy atom. The van der Waals surface area contributed by atoms with Crippen LogP contribution in [0.5, 0.6) is 0 Å². The van der Waals surface area contributed by atoms with Crippen molar-refractivity contribution in [2.45, 2.75) is 38.0 Å². The van der Waals surface area contributed by atoms with Crippen LogP contribution in [0.2, 0.25) is 0 Å². The van der Waals surface area contributed by atoms with E-state index in [-0.39, 0.29) is 12.4 Å². The molecule has 0 aliphatic heterocycles. The number of nitrogens with one attached hydrogen (secondary N) is 1. The second-order valence-electron chi connectivity index (χ2n) is 4.88. The van der Waals surface area contributed by atoms with Gasteiger partial charge in [-0.1, -0.05) is 19.1 Å². The molecule has 6 heteroatoms. The lowest BCUT2D eigenvalue weighted by Crippen LogP contribution is -2.46. The molecule has 1 atom stereocenters. The van der Waals surface area contributed by atoms with Gasteiger partial charge in [0.15, 0.2) is 0 Å². The van der Waals surface area contributed by atoms with Gasteiger partial charge in [0, 0.05) is 12.1 Å². The fourth-order valence-corrected chi connectivity index (χ4v) is 3.46. The lowest BCUT2D eigenvalue weighted by atomic mass is 9.97. The number of halogens is 1. The Morgan fingerprint density at radius 3 is 2.37 bits per heavy atom. The van der Waals surface area contributed by atoms with Crippen molar-refractivity contribution in [1.82, 2.24) is 4.72 Å². The Kier molecular flexibility index (Phi) is 5.46. The lowest BCUT2D eigenvalue weighted by molar-refractivity contribution is 0.233. The monoisotopic (exact) mass is 289 g/mol. The lowest BCUT2D eigenvalue weighted by Gasteiger charge is -2.28. The average molecular weight is 289 g/mol. The zero-order valence-corrected chi connectivity index (χ0v) is 12.0. The molecule has 0 spiro atoms. The molecule has 0 saturated carbocycles. The summed E-state index contributed by atoms with van der Waals surface area (Å²) in [6.45, 7) is 3.53. The second kappa shape index (κ2) is 6.45. The van der Waals surface area contributed by atoms with Gasteiger partial charge in [-0.05, 0) is 37.5 Å². The van der Waals surface area contributed by atoms with Crippen LogP contribution in [0.3, 0.4) is 0 Å². The molecule has 0 heterocycles. The molecule has 1 rings (SSSR count). The Labute approximate surface area is 113 Å². The summed E-state index contributed by atoms with van der Waals surface area (Å²) >= 11 is 0. The van der Waals surface area contributed by atoms with Crippen LogP contribution in [0.1, 0.15) is 32.3 Å². The number of aliphatic hydroxyl groups is 1. The van der Waals surface area contributed by atoms with E-state index >= 15 is 0 Å². The molecule has 0 radical (unpaired) electrons. The van der Waals surface area contributed by atoms with Gasteiger partial charge in [-0.25, -0.2) is 17.5 Å². The second-order valence-corrected chi connectivity index (χ2v) is 6.60. The molecular formula is C13H20FNO3S. The molecule has 1 aromatic carbocycles. The summed E-state index contributed by atoms with van der Waals surface area (Å²) in [6.07, 6.45) is 0.933. The summed E-state index contributed by atoms with van der Waals surface area (Å²) in [5, 5.41) is 8.97. The third-order valence-corrected chi connectivity index (χ3v) is 4.63. The largest absolute Gasteiger partial charge is 0.396 e. The minimum atomic E-state index is -3.52. The molecule has 108 valence electrons. The highest BCUT2D eigenvalue weighted by molar-refractivity contribution is 7.88. The smallest absolute Gasteiger partial charge is 0.216 e. The Bertz CT molecular complexity index is 501. The van der Waals surface area contributed by atoms with Crippen molar-refractivity contribution in [1.29, 1.82) is 0 Å². The van der Waals surface area contributed by atoms with Crippen molar-refractivity contribution in [3.8, 4) is 0 Å². The van der Waals surface area contributed by atoms with E-state index in [1.54, 1.807) is 6.92 Å². The van der Waals surface area contributed by atoms with Gasteiger partial charge >= 0.3 is 0 Å². The van der Waals surface area contributed by atoms with Gasteiger partial charge in [-0.2, -0.15) is 0 Å². The number of sulfonamides is 1. The Balaban J connectivity index is 2.78. The molecule has 0 bridgehead atoms. The predicted octanol–water partition coefficient (Wildman–Crippen LogP) is 1.80. The summed E-state index contributed by atoms with van der Waals surface area (Å²) in [5.74, 6) is -0.596. The van der Waals surface area contributed by atoms with E-state index in [9.17, 15) is 12.8 Å². The maximum absolute atomic E-state index is 12.8. The molecule has 0 aliphatic rings. The van der Waals surface area contributed by atoms with Crippen molar-refractivity contribution < 1.29 is 17.9 Å². The van der Waals surface area contributed by atoms with Gasteiger partial charge in [-0.15, -0.1) is 0 Å². The molecule has 0 amide bonds. The Hall–Kier alpha value is -0.980. The zero-order chi connectivity index (χ0) is 14.5. The standard InChI is InChI=1S/C13H20FNO3S/c1-3-13(2,8-9-16)15-19(17,18)10-11-4-6-12(14)7-5-11/h4-7,15-16H,3,8-10H2,1-2H3. The minimum Gasteiger partial charge on any atom is -0.396 e. The van der Waals surface area contributed by atoms with Crippen LogP contribution < -0.4 is 4.72 Å². The molecule has 2 N–H and O–H groups in total. The third-order valence-electron chi connectivity index (χ3n) is 3.12. The highest BCUT2D eigenvalue weighted by Crippen LogP contribution is 2.17. The van der Waals surface area contributed by atoms with E-state index in [0.29, 0.717) is 18.4 Å². The fourth-order valence-electron chi connectivity index (χ4n) is 1.76. The van der Waals surface area contributed by atoms with E-state index in [1.165, 1.54) is 24.3 Å². The van der Waals surface area contributed by atoms with Crippen molar-refractivity contribution in [2.75, 3.05) is 6.61 Å². The third kappa shape index (κ3) is 5.26. The molecule has 0 fully saturated rings. The molecule has 0 saturated heterocycles. The maximum atomic E-state index is 12.8. The first kappa shape index (κ1) is 16.1. The van der Waals surface area contributed by atoms with Gasteiger partial charge in [0.05, 0.1) is 5.75 Å². The summed E-state index contributed by atoms with van der Waals surface area (Å²) in [6, 6.07) is 5.36. The van der Waals surface area contributed by atoms with E-state index in [4.69, 9.17) is 5.11 Å². The molecule has 1 aromatic rings. The summed E-state index contributed by atoms with van der Waals surface area (Å²) in [4.78, 5) is 0. The molecule has 1 unspecified atom stereocenters. The van der Waals surface area contributed by atoms with Crippen LogP contribution in [-0.2, 0) is 15.8 Å².